The standard InChI is InChI=1S/C14H18N2O/c17-12-4-3-7-16(10-12)9-11-8-15-14-6-2-1-5-13(11)14/h1-2,5-6,8,12,15,17H,3-4,7,9-10H2/t12-/m0/s1. The molecule has 2 N–H and O–H groups in total. The summed E-state index contributed by atoms with van der Waals surface area (Å²) in [6.45, 7) is 2.83. The van der Waals surface area contributed by atoms with E-state index in [0.717, 1.165) is 32.5 Å². The molecular weight excluding hydrogens is 212 g/mol. The second kappa shape index (κ2) is 4.51. The third-order valence-electron chi connectivity index (χ3n) is 3.55. The fraction of sp³-hybridized carbons (Fsp3) is 0.429. The lowest BCUT2D eigenvalue weighted by Crippen LogP contribution is -2.37. The Morgan fingerprint density at radius 3 is 3.12 bits per heavy atom. The van der Waals surface area contributed by atoms with Crippen LogP contribution in [0.4, 0.5) is 0 Å². The molecule has 1 fully saturated rings. The Balaban J connectivity index is 1.80. The van der Waals surface area contributed by atoms with E-state index in [2.05, 4.69) is 34.3 Å². The Morgan fingerprint density at radius 1 is 1.35 bits per heavy atom. The van der Waals surface area contributed by atoms with Crippen LogP contribution in [0, 0.1) is 0 Å². The molecule has 1 aromatic heterocycles. The average molecular weight is 230 g/mol. The van der Waals surface area contributed by atoms with E-state index in [0.29, 0.717) is 0 Å². The van der Waals surface area contributed by atoms with Crippen molar-refractivity contribution in [3.63, 3.8) is 0 Å². The van der Waals surface area contributed by atoms with Gasteiger partial charge in [0.05, 0.1) is 6.10 Å². The number of aliphatic hydroxyl groups excluding tert-OH is 1. The van der Waals surface area contributed by atoms with E-state index in [4.69, 9.17) is 0 Å². The van der Waals surface area contributed by atoms with Crippen molar-refractivity contribution in [3.05, 3.63) is 36.0 Å². The lowest BCUT2D eigenvalue weighted by Gasteiger charge is -2.29. The van der Waals surface area contributed by atoms with Gasteiger partial charge >= 0.3 is 0 Å². The van der Waals surface area contributed by atoms with Crippen molar-refractivity contribution in [2.75, 3.05) is 13.1 Å². The number of aromatic amines is 1. The maximum Gasteiger partial charge on any atom is 0.0667 e. The number of nitrogens with zero attached hydrogens (tertiary/aromatic N) is 1. The number of likely N-dealkylation sites (tertiary alicyclic amines) is 1. The first-order valence-electron chi connectivity index (χ1n) is 6.28. The molecule has 1 aliphatic heterocycles. The maximum absolute atomic E-state index is 9.67. The van der Waals surface area contributed by atoms with Gasteiger partial charge in [0.2, 0.25) is 0 Å². The predicted molar refractivity (Wildman–Crippen MR) is 68.8 cm³/mol. The van der Waals surface area contributed by atoms with Crippen molar-refractivity contribution in [2.45, 2.75) is 25.5 Å². The number of nitrogens with one attached hydrogen (secondary N) is 1. The van der Waals surface area contributed by atoms with Gasteiger partial charge in [0.25, 0.3) is 0 Å². The van der Waals surface area contributed by atoms with Gasteiger partial charge in [-0.15, -0.1) is 0 Å². The van der Waals surface area contributed by atoms with Gasteiger partial charge in [0.15, 0.2) is 0 Å². The Hall–Kier alpha value is -1.32. The van der Waals surface area contributed by atoms with Crippen molar-refractivity contribution in [1.29, 1.82) is 0 Å². The highest BCUT2D eigenvalue weighted by atomic mass is 16.3. The molecule has 1 atom stereocenters. The first-order valence-corrected chi connectivity index (χ1v) is 6.28. The molecule has 0 amide bonds. The number of β-amino-alcohol motifs (C(OH)–C–C–N with tert-alkyl or cyclic N) is 1. The van der Waals surface area contributed by atoms with Gasteiger partial charge in [-0.1, -0.05) is 18.2 Å². The number of H-pyrrole nitrogens is 1. The van der Waals surface area contributed by atoms with Crippen LogP contribution in [-0.4, -0.2) is 34.2 Å². The Labute approximate surface area is 101 Å². The van der Waals surface area contributed by atoms with Crippen LogP contribution in [0.15, 0.2) is 30.5 Å². The molecule has 17 heavy (non-hydrogen) atoms. The second-order valence-corrected chi connectivity index (χ2v) is 4.89. The Morgan fingerprint density at radius 2 is 2.24 bits per heavy atom. The van der Waals surface area contributed by atoms with Crippen molar-refractivity contribution in [2.24, 2.45) is 0 Å². The molecule has 90 valence electrons. The molecule has 2 heterocycles. The smallest absolute Gasteiger partial charge is 0.0667 e. The summed E-state index contributed by atoms with van der Waals surface area (Å²) in [5, 5.41) is 11.0. The number of benzene rings is 1. The highest BCUT2D eigenvalue weighted by Crippen LogP contribution is 2.21. The fourth-order valence-corrected chi connectivity index (χ4v) is 2.68. The summed E-state index contributed by atoms with van der Waals surface area (Å²) >= 11 is 0. The van der Waals surface area contributed by atoms with E-state index in [1.54, 1.807) is 0 Å². The van der Waals surface area contributed by atoms with Crippen LogP contribution >= 0.6 is 0 Å². The monoisotopic (exact) mass is 230 g/mol. The van der Waals surface area contributed by atoms with E-state index in [-0.39, 0.29) is 6.10 Å². The van der Waals surface area contributed by atoms with E-state index < -0.39 is 0 Å². The minimum atomic E-state index is -0.144. The zero-order chi connectivity index (χ0) is 11.7. The van der Waals surface area contributed by atoms with Gasteiger partial charge < -0.3 is 10.1 Å². The van der Waals surface area contributed by atoms with E-state index in [1.807, 2.05) is 6.07 Å². The van der Waals surface area contributed by atoms with Crippen LogP contribution in [0.2, 0.25) is 0 Å². The molecule has 0 aliphatic carbocycles. The normalized spacial score (nSPS) is 22.1. The summed E-state index contributed by atoms with van der Waals surface area (Å²) in [4.78, 5) is 5.64. The number of aromatic nitrogens is 1. The Bertz CT molecular complexity index is 506. The van der Waals surface area contributed by atoms with Gasteiger partial charge in [-0.25, -0.2) is 0 Å². The lowest BCUT2D eigenvalue weighted by molar-refractivity contribution is 0.0670. The van der Waals surface area contributed by atoms with Crippen LogP contribution in [0.1, 0.15) is 18.4 Å². The molecule has 1 aliphatic rings. The number of rotatable bonds is 2. The minimum absolute atomic E-state index is 0.144. The molecule has 0 radical (unpaired) electrons. The number of hydrogen-bond acceptors (Lipinski definition) is 2. The van der Waals surface area contributed by atoms with Gasteiger partial charge in [0.1, 0.15) is 0 Å². The maximum atomic E-state index is 9.67. The number of piperidine rings is 1. The summed E-state index contributed by atoms with van der Waals surface area (Å²) in [5.41, 5.74) is 2.52. The van der Waals surface area contributed by atoms with Crippen molar-refractivity contribution in [1.82, 2.24) is 9.88 Å². The molecule has 3 rings (SSSR count). The van der Waals surface area contributed by atoms with Crippen LogP contribution in [0.25, 0.3) is 10.9 Å². The molecule has 3 heteroatoms. The second-order valence-electron chi connectivity index (χ2n) is 4.89. The topological polar surface area (TPSA) is 39.3 Å². The molecule has 3 nitrogen and oxygen atoms in total. The van der Waals surface area contributed by atoms with Gasteiger partial charge in [0, 0.05) is 30.2 Å². The fourth-order valence-electron chi connectivity index (χ4n) is 2.68. The van der Waals surface area contributed by atoms with Gasteiger partial charge in [-0.2, -0.15) is 0 Å². The third kappa shape index (κ3) is 2.21. The molecule has 2 aromatic rings. The summed E-state index contributed by atoms with van der Waals surface area (Å²) in [7, 11) is 0. The molecule has 1 saturated heterocycles. The summed E-state index contributed by atoms with van der Waals surface area (Å²) in [5.74, 6) is 0. The van der Waals surface area contributed by atoms with E-state index in [9.17, 15) is 5.11 Å². The summed E-state index contributed by atoms with van der Waals surface area (Å²) in [6.07, 6.45) is 3.99. The van der Waals surface area contributed by atoms with Crippen molar-refractivity contribution < 1.29 is 5.11 Å². The van der Waals surface area contributed by atoms with Crippen LogP contribution in [0.5, 0.6) is 0 Å². The first kappa shape index (κ1) is 10.8. The third-order valence-corrected chi connectivity index (χ3v) is 3.55. The minimum Gasteiger partial charge on any atom is -0.392 e. The van der Waals surface area contributed by atoms with Crippen LogP contribution < -0.4 is 0 Å². The lowest BCUT2D eigenvalue weighted by atomic mass is 10.1. The molecule has 0 saturated carbocycles. The molecule has 0 bridgehead atoms. The average Bonchev–Trinajstić information content (AvgIpc) is 2.73. The number of hydrogen-bond donors (Lipinski definition) is 2. The van der Waals surface area contributed by atoms with Crippen molar-refractivity contribution in [3.8, 4) is 0 Å². The Kier molecular flexibility index (Phi) is 2.87. The van der Waals surface area contributed by atoms with Crippen molar-refractivity contribution >= 4 is 10.9 Å². The SMILES string of the molecule is O[C@H]1CCCN(Cc2c[nH]c3ccccc23)C1. The number of para-hydroxylation sites is 1. The van der Waals surface area contributed by atoms with Crippen LogP contribution in [0.3, 0.4) is 0 Å². The quantitative estimate of drug-likeness (QED) is 0.829. The predicted octanol–water partition coefficient (Wildman–Crippen LogP) is 2.12. The largest absolute Gasteiger partial charge is 0.392 e. The number of fused-ring (bicyclic) bond motifs is 1. The highest BCUT2D eigenvalue weighted by Gasteiger charge is 2.18. The first-order chi connectivity index (χ1) is 8.33. The van der Waals surface area contributed by atoms with E-state index in [1.165, 1.54) is 16.5 Å². The van der Waals surface area contributed by atoms with E-state index >= 15 is 0 Å². The molecule has 0 unspecified atom stereocenters. The molecular formula is C14H18N2O. The number of aliphatic hydroxyl groups is 1. The molecule has 1 aromatic carbocycles. The van der Waals surface area contributed by atoms with Crippen LogP contribution in [-0.2, 0) is 6.54 Å². The van der Waals surface area contributed by atoms with Gasteiger partial charge in [-0.3, -0.25) is 4.90 Å². The highest BCUT2D eigenvalue weighted by molar-refractivity contribution is 5.82. The zero-order valence-corrected chi connectivity index (χ0v) is 9.89. The summed E-state index contributed by atoms with van der Waals surface area (Å²) < 4.78 is 0. The molecule has 0 spiro atoms. The zero-order valence-electron chi connectivity index (χ0n) is 9.89. The van der Waals surface area contributed by atoms with Gasteiger partial charge in [-0.05, 0) is 31.0 Å². The summed E-state index contributed by atoms with van der Waals surface area (Å²) in [6, 6.07) is 8.38.